The summed E-state index contributed by atoms with van der Waals surface area (Å²) in [6, 6.07) is 5.79. The van der Waals surface area contributed by atoms with E-state index in [0.717, 1.165) is 24.9 Å². The van der Waals surface area contributed by atoms with E-state index in [4.69, 9.17) is 0 Å². The second-order valence-corrected chi connectivity index (χ2v) is 5.45. The Morgan fingerprint density at radius 3 is 2.72 bits per heavy atom. The van der Waals surface area contributed by atoms with Crippen LogP contribution in [-0.2, 0) is 6.54 Å². The van der Waals surface area contributed by atoms with Crippen LogP contribution in [-0.4, -0.2) is 22.9 Å². The molecule has 0 aliphatic carbocycles. The highest BCUT2D eigenvalue weighted by Gasteiger charge is 2.14. The van der Waals surface area contributed by atoms with E-state index in [0.29, 0.717) is 10.5 Å². The highest BCUT2D eigenvalue weighted by molar-refractivity contribution is 9.10. The van der Waals surface area contributed by atoms with Crippen molar-refractivity contribution in [1.29, 1.82) is 0 Å². The highest BCUT2D eigenvalue weighted by atomic mass is 79.9. The summed E-state index contributed by atoms with van der Waals surface area (Å²) in [6.45, 7) is 5.07. The molecule has 1 unspecified atom stereocenters. The Morgan fingerprint density at radius 2 is 2.17 bits per heavy atom. The Hall–Kier alpha value is -0.940. The van der Waals surface area contributed by atoms with Crippen molar-refractivity contribution < 1.29 is 4.92 Å². The summed E-state index contributed by atoms with van der Waals surface area (Å²) in [5.41, 5.74) is 1.10. The number of hydrogen-bond donors (Lipinski definition) is 0. The molecule has 0 aromatic heterocycles. The first-order chi connectivity index (χ1) is 8.45. The monoisotopic (exact) mass is 314 g/mol. The number of rotatable bonds is 6. The minimum Gasteiger partial charge on any atom is -0.299 e. The largest absolute Gasteiger partial charge is 0.299 e. The first kappa shape index (κ1) is 15.1. The Kier molecular flexibility index (Phi) is 5.75. The first-order valence-electron chi connectivity index (χ1n) is 6.08. The van der Waals surface area contributed by atoms with Gasteiger partial charge in [0.25, 0.3) is 5.69 Å². The molecule has 0 amide bonds. The van der Waals surface area contributed by atoms with E-state index in [2.05, 4.69) is 34.7 Å². The van der Waals surface area contributed by atoms with E-state index in [-0.39, 0.29) is 10.6 Å². The van der Waals surface area contributed by atoms with Gasteiger partial charge in [-0.2, -0.15) is 0 Å². The molecule has 1 aromatic rings. The third-order valence-electron chi connectivity index (χ3n) is 3.10. The average molecular weight is 315 g/mol. The number of nitro groups is 1. The summed E-state index contributed by atoms with van der Waals surface area (Å²) in [5, 5.41) is 10.9. The van der Waals surface area contributed by atoms with E-state index in [1.165, 1.54) is 0 Å². The number of benzene rings is 1. The molecule has 4 nitrogen and oxygen atoms in total. The van der Waals surface area contributed by atoms with Gasteiger partial charge in [-0.25, -0.2) is 0 Å². The molecule has 1 atom stereocenters. The molecular formula is C13H19BrN2O2. The SMILES string of the molecule is CCCC(C)N(C)Cc1ccc(Br)c([N+](=O)[O-])c1. The maximum atomic E-state index is 10.9. The minimum absolute atomic E-state index is 0.129. The first-order valence-corrected chi connectivity index (χ1v) is 6.88. The van der Waals surface area contributed by atoms with Crippen molar-refractivity contribution in [2.75, 3.05) is 7.05 Å². The topological polar surface area (TPSA) is 46.4 Å². The van der Waals surface area contributed by atoms with Crippen molar-refractivity contribution in [3.63, 3.8) is 0 Å². The molecule has 0 radical (unpaired) electrons. The van der Waals surface area contributed by atoms with Crippen LogP contribution in [0.4, 0.5) is 5.69 Å². The zero-order valence-electron chi connectivity index (χ0n) is 11.0. The van der Waals surface area contributed by atoms with Crippen LogP contribution in [0.1, 0.15) is 32.3 Å². The number of nitrogens with zero attached hydrogens (tertiary/aromatic N) is 2. The molecule has 0 aliphatic rings. The van der Waals surface area contributed by atoms with Gasteiger partial charge in [0.05, 0.1) is 9.40 Å². The lowest BCUT2D eigenvalue weighted by Crippen LogP contribution is -2.28. The zero-order valence-corrected chi connectivity index (χ0v) is 12.6. The number of halogens is 1. The maximum Gasteiger partial charge on any atom is 0.283 e. The lowest BCUT2D eigenvalue weighted by atomic mass is 10.1. The number of hydrogen-bond acceptors (Lipinski definition) is 3. The third kappa shape index (κ3) is 4.07. The summed E-state index contributed by atoms with van der Waals surface area (Å²) in [5.74, 6) is 0. The molecule has 0 saturated carbocycles. The molecule has 1 rings (SSSR count). The average Bonchev–Trinajstić information content (AvgIpc) is 2.31. The van der Waals surface area contributed by atoms with Gasteiger partial charge in [-0.1, -0.05) is 19.4 Å². The van der Waals surface area contributed by atoms with Gasteiger partial charge in [0.2, 0.25) is 0 Å². The summed E-state index contributed by atoms with van der Waals surface area (Å²) in [4.78, 5) is 12.7. The molecule has 0 bridgehead atoms. The Balaban J connectivity index is 2.79. The smallest absolute Gasteiger partial charge is 0.283 e. The second-order valence-electron chi connectivity index (χ2n) is 4.60. The molecule has 0 spiro atoms. The quantitative estimate of drug-likeness (QED) is 0.589. The Labute approximate surface area is 116 Å². The zero-order chi connectivity index (χ0) is 13.7. The van der Waals surface area contributed by atoms with Crippen molar-refractivity contribution in [2.24, 2.45) is 0 Å². The Morgan fingerprint density at radius 1 is 1.50 bits per heavy atom. The van der Waals surface area contributed by atoms with Crippen molar-refractivity contribution in [3.05, 3.63) is 38.3 Å². The van der Waals surface area contributed by atoms with Gasteiger partial charge in [-0.3, -0.25) is 15.0 Å². The fourth-order valence-electron chi connectivity index (χ4n) is 1.88. The van der Waals surface area contributed by atoms with Crippen LogP contribution in [0, 0.1) is 10.1 Å². The number of nitro benzene ring substituents is 1. The maximum absolute atomic E-state index is 10.9. The normalized spacial score (nSPS) is 12.7. The van der Waals surface area contributed by atoms with Gasteiger partial charge in [0.1, 0.15) is 0 Å². The molecule has 100 valence electrons. The van der Waals surface area contributed by atoms with Gasteiger partial charge in [-0.05, 0) is 48.0 Å². The van der Waals surface area contributed by atoms with Gasteiger partial charge >= 0.3 is 0 Å². The van der Waals surface area contributed by atoms with Crippen molar-refractivity contribution in [1.82, 2.24) is 4.90 Å². The van der Waals surface area contributed by atoms with E-state index >= 15 is 0 Å². The minimum atomic E-state index is -0.358. The molecule has 0 aliphatic heterocycles. The van der Waals surface area contributed by atoms with Crippen LogP contribution in [0.2, 0.25) is 0 Å². The van der Waals surface area contributed by atoms with Gasteiger partial charge in [-0.15, -0.1) is 0 Å². The van der Waals surface area contributed by atoms with E-state index < -0.39 is 0 Å². The van der Waals surface area contributed by atoms with Crippen LogP contribution in [0.3, 0.4) is 0 Å². The molecule has 18 heavy (non-hydrogen) atoms. The summed E-state index contributed by atoms with van der Waals surface area (Å²) in [6.07, 6.45) is 2.28. The van der Waals surface area contributed by atoms with Crippen molar-refractivity contribution in [2.45, 2.75) is 39.3 Å². The third-order valence-corrected chi connectivity index (χ3v) is 3.77. The summed E-state index contributed by atoms with van der Waals surface area (Å²) < 4.78 is 0.528. The van der Waals surface area contributed by atoms with Crippen molar-refractivity contribution in [3.8, 4) is 0 Å². The fourth-order valence-corrected chi connectivity index (χ4v) is 2.27. The fraction of sp³-hybridized carbons (Fsp3) is 0.538. The Bertz CT molecular complexity index is 423. The molecule has 0 N–H and O–H groups in total. The van der Waals surface area contributed by atoms with Crippen LogP contribution < -0.4 is 0 Å². The predicted molar refractivity (Wildman–Crippen MR) is 76.6 cm³/mol. The molecular weight excluding hydrogens is 296 g/mol. The van der Waals surface area contributed by atoms with Gasteiger partial charge < -0.3 is 0 Å². The lowest BCUT2D eigenvalue weighted by molar-refractivity contribution is -0.385. The molecule has 0 heterocycles. The highest BCUT2D eigenvalue weighted by Crippen LogP contribution is 2.26. The summed E-state index contributed by atoms with van der Waals surface area (Å²) >= 11 is 3.20. The van der Waals surface area contributed by atoms with E-state index in [1.807, 2.05) is 13.1 Å². The van der Waals surface area contributed by atoms with Crippen LogP contribution in [0.25, 0.3) is 0 Å². The molecule has 0 saturated heterocycles. The van der Waals surface area contributed by atoms with Gasteiger partial charge in [0, 0.05) is 18.7 Å². The summed E-state index contributed by atoms with van der Waals surface area (Å²) in [7, 11) is 2.05. The van der Waals surface area contributed by atoms with Crippen LogP contribution in [0.5, 0.6) is 0 Å². The predicted octanol–water partition coefficient (Wildman–Crippen LogP) is 3.98. The lowest BCUT2D eigenvalue weighted by Gasteiger charge is -2.24. The van der Waals surface area contributed by atoms with Gasteiger partial charge in [0.15, 0.2) is 0 Å². The molecule has 5 heteroatoms. The van der Waals surface area contributed by atoms with E-state index in [9.17, 15) is 10.1 Å². The van der Waals surface area contributed by atoms with Crippen molar-refractivity contribution >= 4 is 21.6 Å². The van der Waals surface area contributed by atoms with E-state index in [1.54, 1.807) is 12.1 Å². The van der Waals surface area contributed by atoms with Crippen LogP contribution >= 0.6 is 15.9 Å². The molecule has 1 aromatic carbocycles. The second kappa shape index (κ2) is 6.85. The van der Waals surface area contributed by atoms with Crippen LogP contribution in [0.15, 0.2) is 22.7 Å². The standard InChI is InChI=1S/C13H19BrN2O2/c1-4-5-10(2)15(3)9-11-6-7-12(14)13(8-11)16(17)18/h6-8,10H,4-5,9H2,1-3H3. The molecule has 0 fully saturated rings.